The third-order valence-corrected chi connectivity index (χ3v) is 5.35. The molecule has 19 heavy (non-hydrogen) atoms. The highest BCUT2D eigenvalue weighted by molar-refractivity contribution is 8.00. The van der Waals surface area contributed by atoms with Gasteiger partial charge in [0, 0.05) is 17.8 Å². The van der Waals surface area contributed by atoms with Gasteiger partial charge in [0.25, 0.3) is 0 Å². The summed E-state index contributed by atoms with van der Waals surface area (Å²) in [5, 5.41) is 7.17. The Balaban J connectivity index is 1.68. The lowest BCUT2D eigenvalue weighted by Gasteiger charge is -2.17. The molecule has 2 aromatic carbocycles. The van der Waals surface area contributed by atoms with E-state index in [0.717, 1.165) is 11.8 Å². The van der Waals surface area contributed by atoms with Crippen molar-refractivity contribution in [2.45, 2.75) is 31.1 Å². The molecule has 1 nitrogen and oxygen atoms in total. The molecule has 0 aromatic heterocycles. The van der Waals surface area contributed by atoms with Crippen molar-refractivity contribution in [2.75, 3.05) is 12.3 Å². The van der Waals surface area contributed by atoms with Gasteiger partial charge >= 0.3 is 0 Å². The van der Waals surface area contributed by atoms with E-state index >= 15 is 0 Å². The lowest BCUT2D eigenvalue weighted by Crippen LogP contribution is -2.26. The summed E-state index contributed by atoms with van der Waals surface area (Å²) < 4.78 is 0. The van der Waals surface area contributed by atoms with Crippen LogP contribution in [-0.4, -0.2) is 17.5 Å². The highest BCUT2D eigenvalue weighted by Crippen LogP contribution is 2.26. The predicted molar refractivity (Wildman–Crippen MR) is 85.8 cm³/mol. The van der Waals surface area contributed by atoms with Crippen molar-refractivity contribution in [1.82, 2.24) is 5.32 Å². The Hall–Kier alpha value is -0.990. The minimum absolute atomic E-state index is 0.436. The SMILES string of the molecule is CC(NCC1CCCS1)c1ccc2ccccc2c1. The highest BCUT2D eigenvalue weighted by Gasteiger charge is 2.16. The standard InChI is InChI=1S/C17H21NS/c1-13(18-12-17-7-4-10-19-17)15-9-8-14-5-2-3-6-16(14)11-15/h2-3,5-6,8-9,11,13,17-18H,4,7,10,12H2,1H3. The molecule has 0 saturated carbocycles. The molecule has 3 rings (SSSR count). The summed E-state index contributed by atoms with van der Waals surface area (Å²) in [5.74, 6) is 1.34. The summed E-state index contributed by atoms with van der Waals surface area (Å²) in [6.07, 6.45) is 2.77. The second kappa shape index (κ2) is 5.98. The monoisotopic (exact) mass is 271 g/mol. The molecule has 1 N–H and O–H groups in total. The van der Waals surface area contributed by atoms with Crippen LogP contribution in [0, 0.1) is 0 Å². The Kier molecular flexibility index (Phi) is 4.09. The van der Waals surface area contributed by atoms with Gasteiger partial charge in [0.2, 0.25) is 0 Å². The molecule has 0 spiro atoms. The first-order chi connectivity index (χ1) is 9.33. The van der Waals surface area contributed by atoms with Gasteiger partial charge in [-0.1, -0.05) is 36.4 Å². The van der Waals surface area contributed by atoms with Gasteiger partial charge < -0.3 is 5.32 Å². The quantitative estimate of drug-likeness (QED) is 0.885. The van der Waals surface area contributed by atoms with E-state index in [2.05, 4.69) is 66.5 Å². The van der Waals surface area contributed by atoms with Crippen LogP contribution in [0.1, 0.15) is 31.4 Å². The smallest absolute Gasteiger partial charge is 0.0292 e. The highest BCUT2D eigenvalue weighted by atomic mass is 32.2. The van der Waals surface area contributed by atoms with Crippen LogP contribution in [0.25, 0.3) is 10.8 Å². The van der Waals surface area contributed by atoms with E-state index in [1.807, 2.05) is 0 Å². The Morgan fingerprint density at radius 2 is 2.05 bits per heavy atom. The van der Waals surface area contributed by atoms with E-state index in [1.165, 1.54) is 34.9 Å². The number of rotatable bonds is 4. The average Bonchev–Trinajstić information content (AvgIpc) is 2.97. The number of fused-ring (bicyclic) bond motifs is 1. The summed E-state index contributed by atoms with van der Waals surface area (Å²) in [6, 6.07) is 15.8. The maximum Gasteiger partial charge on any atom is 0.0292 e. The van der Waals surface area contributed by atoms with Gasteiger partial charge in [-0.15, -0.1) is 0 Å². The average molecular weight is 271 g/mol. The van der Waals surface area contributed by atoms with Crippen molar-refractivity contribution in [3.8, 4) is 0 Å². The minimum atomic E-state index is 0.436. The van der Waals surface area contributed by atoms with Crippen molar-refractivity contribution in [3.05, 3.63) is 48.0 Å². The molecule has 2 unspecified atom stereocenters. The van der Waals surface area contributed by atoms with E-state index in [-0.39, 0.29) is 0 Å². The van der Waals surface area contributed by atoms with Crippen LogP contribution in [0.15, 0.2) is 42.5 Å². The number of hydrogen-bond acceptors (Lipinski definition) is 2. The predicted octanol–water partition coefficient (Wildman–Crippen LogP) is 4.39. The Bertz CT molecular complexity index is 546. The molecule has 1 heterocycles. The van der Waals surface area contributed by atoms with E-state index in [1.54, 1.807) is 0 Å². The Morgan fingerprint density at radius 1 is 1.21 bits per heavy atom. The molecule has 2 heteroatoms. The van der Waals surface area contributed by atoms with Gasteiger partial charge in [-0.05, 0) is 47.9 Å². The zero-order valence-electron chi connectivity index (χ0n) is 11.4. The summed E-state index contributed by atoms with van der Waals surface area (Å²) >= 11 is 2.12. The molecular weight excluding hydrogens is 250 g/mol. The van der Waals surface area contributed by atoms with Gasteiger partial charge in [0.1, 0.15) is 0 Å². The molecule has 1 saturated heterocycles. The third kappa shape index (κ3) is 3.13. The molecule has 1 fully saturated rings. The second-order valence-corrected chi connectivity index (χ2v) is 6.78. The molecule has 0 amide bonds. The van der Waals surface area contributed by atoms with Crippen molar-refractivity contribution >= 4 is 22.5 Å². The van der Waals surface area contributed by atoms with Crippen molar-refractivity contribution in [2.24, 2.45) is 0 Å². The van der Waals surface area contributed by atoms with Gasteiger partial charge in [0.05, 0.1) is 0 Å². The fraction of sp³-hybridized carbons (Fsp3) is 0.412. The lowest BCUT2D eigenvalue weighted by molar-refractivity contribution is 0.560. The van der Waals surface area contributed by atoms with E-state index in [0.29, 0.717) is 6.04 Å². The molecule has 1 aliphatic heterocycles. The van der Waals surface area contributed by atoms with Gasteiger partial charge in [0.15, 0.2) is 0 Å². The Morgan fingerprint density at radius 3 is 2.84 bits per heavy atom. The molecule has 2 atom stereocenters. The van der Waals surface area contributed by atoms with Crippen LogP contribution in [-0.2, 0) is 0 Å². The molecule has 100 valence electrons. The Labute approximate surface area is 119 Å². The largest absolute Gasteiger partial charge is 0.309 e. The minimum Gasteiger partial charge on any atom is -0.309 e. The summed E-state index contributed by atoms with van der Waals surface area (Å²) in [7, 11) is 0. The molecule has 1 aliphatic rings. The lowest BCUT2D eigenvalue weighted by atomic mass is 10.0. The zero-order valence-corrected chi connectivity index (χ0v) is 12.2. The van der Waals surface area contributed by atoms with Gasteiger partial charge in [-0.25, -0.2) is 0 Å². The topological polar surface area (TPSA) is 12.0 Å². The molecule has 2 aromatic rings. The fourth-order valence-electron chi connectivity index (χ4n) is 2.71. The molecular formula is C17H21NS. The normalized spacial score (nSPS) is 20.8. The molecule has 0 aliphatic carbocycles. The van der Waals surface area contributed by atoms with Crippen LogP contribution in [0.4, 0.5) is 0 Å². The van der Waals surface area contributed by atoms with Crippen LogP contribution in [0.5, 0.6) is 0 Å². The van der Waals surface area contributed by atoms with Crippen LogP contribution < -0.4 is 5.32 Å². The van der Waals surface area contributed by atoms with Crippen LogP contribution >= 0.6 is 11.8 Å². The van der Waals surface area contributed by atoms with E-state index < -0.39 is 0 Å². The third-order valence-electron chi connectivity index (χ3n) is 3.95. The molecule has 0 bridgehead atoms. The number of nitrogens with one attached hydrogen (secondary N) is 1. The summed E-state index contributed by atoms with van der Waals surface area (Å²) in [6.45, 7) is 3.41. The van der Waals surface area contributed by atoms with E-state index in [4.69, 9.17) is 0 Å². The van der Waals surface area contributed by atoms with Crippen LogP contribution in [0.3, 0.4) is 0 Å². The van der Waals surface area contributed by atoms with E-state index in [9.17, 15) is 0 Å². The first-order valence-electron chi connectivity index (χ1n) is 7.16. The zero-order chi connectivity index (χ0) is 13.1. The van der Waals surface area contributed by atoms with Crippen LogP contribution in [0.2, 0.25) is 0 Å². The van der Waals surface area contributed by atoms with Gasteiger partial charge in [-0.2, -0.15) is 11.8 Å². The second-order valence-electron chi connectivity index (χ2n) is 5.37. The maximum atomic E-state index is 3.68. The fourth-order valence-corrected chi connectivity index (χ4v) is 3.92. The van der Waals surface area contributed by atoms with Crippen molar-refractivity contribution in [1.29, 1.82) is 0 Å². The summed E-state index contributed by atoms with van der Waals surface area (Å²) in [5.41, 5.74) is 1.39. The number of benzene rings is 2. The first kappa shape index (κ1) is 13.0. The van der Waals surface area contributed by atoms with Crippen molar-refractivity contribution < 1.29 is 0 Å². The number of hydrogen-bond donors (Lipinski definition) is 1. The summed E-state index contributed by atoms with van der Waals surface area (Å²) in [4.78, 5) is 0. The molecule has 0 radical (unpaired) electrons. The first-order valence-corrected chi connectivity index (χ1v) is 8.21. The van der Waals surface area contributed by atoms with Crippen molar-refractivity contribution in [3.63, 3.8) is 0 Å². The number of thioether (sulfide) groups is 1. The van der Waals surface area contributed by atoms with Gasteiger partial charge in [-0.3, -0.25) is 0 Å². The maximum absolute atomic E-state index is 3.68.